The van der Waals surface area contributed by atoms with E-state index >= 15 is 0 Å². The van der Waals surface area contributed by atoms with Crippen LogP contribution in [0.3, 0.4) is 0 Å². The van der Waals surface area contributed by atoms with Crippen LogP contribution < -0.4 is 4.74 Å². The van der Waals surface area contributed by atoms with Crippen LogP contribution in [0.15, 0.2) is 18.2 Å². The Morgan fingerprint density at radius 1 is 1.12 bits per heavy atom. The fourth-order valence-electron chi connectivity index (χ4n) is 2.10. The molecule has 1 unspecified atom stereocenters. The molecule has 0 saturated carbocycles. The minimum atomic E-state index is -0.434. The summed E-state index contributed by atoms with van der Waals surface area (Å²) >= 11 is 0. The largest absolute Gasteiger partial charge is 0.488 e. The van der Waals surface area contributed by atoms with Crippen LogP contribution in [0, 0.1) is 0 Å². The van der Waals surface area contributed by atoms with E-state index in [0.29, 0.717) is 0 Å². The number of aliphatic hydroxyl groups excluding tert-OH is 1. The lowest BCUT2D eigenvalue weighted by molar-refractivity contribution is 0.0604. The molecule has 1 aromatic rings. The van der Waals surface area contributed by atoms with Crippen LogP contribution in [-0.4, -0.2) is 17.3 Å². The van der Waals surface area contributed by atoms with Crippen molar-refractivity contribution in [1.29, 1.82) is 0 Å². The van der Waals surface area contributed by atoms with Crippen molar-refractivity contribution < 1.29 is 9.84 Å². The number of hydrogen-bond donors (Lipinski definition) is 1. The second-order valence-electron chi connectivity index (χ2n) is 4.70. The third kappa shape index (κ3) is 2.56. The van der Waals surface area contributed by atoms with Crippen LogP contribution in [0.2, 0.25) is 0 Å². The second-order valence-corrected chi connectivity index (χ2v) is 4.70. The lowest BCUT2D eigenvalue weighted by Crippen LogP contribution is -2.25. The van der Waals surface area contributed by atoms with Crippen LogP contribution in [0.5, 0.6) is 5.75 Å². The van der Waals surface area contributed by atoms with Crippen LogP contribution in [0.4, 0.5) is 0 Å². The summed E-state index contributed by atoms with van der Waals surface area (Å²) < 4.78 is 5.69. The molecule has 0 aliphatic heterocycles. The van der Waals surface area contributed by atoms with E-state index in [1.54, 1.807) is 6.92 Å². The van der Waals surface area contributed by atoms with E-state index in [0.717, 1.165) is 12.2 Å². The second kappa shape index (κ2) is 4.88. The van der Waals surface area contributed by atoms with Gasteiger partial charge in [0, 0.05) is 0 Å². The zero-order chi connectivity index (χ0) is 11.5. The molecule has 0 amide bonds. The SMILES string of the molecule is CC(Oc1ccc2c(c1)CCCC2)[C@@H](C)O. The maximum atomic E-state index is 9.40. The summed E-state index contributed by atoms with van der Waals surface area (Å²) in [6, 6.07) is 6.31. The third-order valence-corrected chi connectivity index (χ3v) is 3.32. The maximum Gasteiger partial charge on any atom is 0.121 e. The van der Waals surface area contributed by atoms with Crippen molar-refractivity contribution in [2.75, 3.05) is 0 Å². The first kappa shape index (κ1) is 11.5. The summed E-state index contributed by atoms with van der Waals surface area (Å²) in [5.74, 6) is 0.883. The normalized spacial score (nSPS) is 18.7. The minimum absolute atomic E-state index is 0.151. The summed E-state index contributed by atoms with van der Waals surface area (Å²) in [7, 11) is 0. The summed E-state index contributed by atoms with van der Waals surface area (Å²) in [4.78, 5) is 0. The molecule has 1 aliphatic carbocycles. The molecule has 0 spiro atoms. The highest BCUT2D eigenvalue weighted by Crippen LogP contribution is 2.26. The van der Waals surface area contributed by atoms with Gasteiger partial charge in [0.2, 0.25) is 0 Å². The molecule has 2 nitrogen and oxygen atoms in total. The first-order valence-electron chi connectivity index (χ1n) is 6.13. The van der Waals surface area contributed by atoms with E-state index in [-0.39, 0.29) is 6.10 Å². The number of rotatable bonds is 3. The number of benzene rings is 1. The Morgan fingerprint density at radius 3 is 2.50 bits per heavy atom. The van der Waals surface area contributed by atoms with E-state index in [1.807, 2.05) is 13.0 Å². The summed E-state index contributed by atoms with van der Waals surface area (Å²) in [6.45, 7) is 3.65. The van der Waals surface area contributed by atoms with Crippen molar-refractivity contribution in [3.8, 4) is 5.75 Å². The third-order valence-electron chi connectivity index (χ3n) is 3.32. The lowest BCUT2D eigenvalue weighted by Gasteiger charge is -2.20. The van der Waals surface area contributed by atoms with Gasteiger partial charge in [0.25, 0.3) is 0 Å². The predicted octanol–water partition coefficient (Wildman–Crippen LogP) is 2.71. The van der Waals surface area contributed by atoms with Gasteiger partial charge in [-0.3, -0.25) is 0 Å². The van der Waals surface area contributed by atoms with Crippen molar-refractivity contribution in [3.05, 3.63) is 29.3 Å². The van der Waals surface area contributed by atoms with Gasteiger partial charge in [0.15, 0.2) is 0 Å². The van der Waals surface area contributed by atoms with Gasteiger partial charge < -0.3 is 9.84 Å². The Kier molecular flexibility index (Phi) is 3.49. The molecule has 0 heterocycles. The summed E-state index contributed by atoms with van der Waals surface area (Å²) in [5, 5.41) is 9.40. The topological polar surface area (TPSA) is 29.5 Å². The van der Waals surface area contributed by atoms with E-state index in [2.05, 4.69) is 12.1 Å². The average Bonchev–Trinajstić information content (AvgIpc) is 2.28. The van der Waals surface area contributed by atoms with Crippen LogP contribution >= 0.6 is 0 Å². The van der Waals surface area contributed by atoms with Crippen molar-refractivity contribution in [2.24, 2.45) is 0 Å². The lowest BCUT2D eigenvalue weighted by atomic mass is 9.92. The highest BCUT2D eigenvalue weighted by Gasteiger charge is 2.13. The van der Waals surface area contributed by atoms with E-state index < -0.39 is 6.10 Å². The quantitative estimate of drug-likeness (QED) is 0.848. The van der Waals surface area contributed by atoms with E-state index in [1.165, 1.54) is 30.4 Å². The van der Waals surface area contributed by atoms with Gasteiger partial charge in [-0.25, -0.2) is 0 Å². The molecule has 1 N–H and O–H groups in total. The molecular weight excluding hydrogens is 200 g/mol. The zero-order valence-electron chi connectivity index (χ0n) is 10.1. The van der Waals surface area contributed by atoms with Gasteiger partial charge in [-0.05, 0) is 62.8 Å². The van der Waals surface area contributed by atoms with Gasteiger partial charge in [0.05, 0.1) is 6.10 Å². The Bertz CT molecular complexity index is 358. The van der Waals surface area contributed by atoms with Gasteiger partial charge in [-0.15, -0.1) is 0 Å². The standard InChI is InChI=1S/C14H20O2/c1-10(15)11(2)16-14-8-7-12-5-3-4-6-13(12)9-14/h7-11,15H,3-6H2,1-2H3/t10-,11?/m1/s1. The smallest absolute Gasteiger partial charge is 0.121 e. The van der Waals surface area contributed by atoms with Crippen molar-refractivity contribution in [1.82, 2.24) is 0 Å². The number of hydrogen-bond acceptors (Lipinski definition) is 2. The molecule has 2 atom stereocenters. The molecule has 2 heteroatoms. The zero-order valence-corrected chi connectivity index (χ0v) is 10.1. The van der Waals surface area contributed by atoms with Gasteiger partial charge in [0.1, 0.15) is 11.9 Å². The van der Waals surface area contributed by atoms with Gasteiger partial charge in [-0.1, -0.05) is 6.07 Å². The molecular formula is C14H20O2. The average molecular weight is 220 g/mol. The molecule has 0 radical (unpaired) electrons. The van der Waals surface area contributed by atoms with Gasteiger partial charge in [-0.2, -0.15) is 0 Å². The predicted molar refractivity (Wildman–Crippen MR) is 64.9 cm³/mol. The highest BCUT2D eigenvalue weighted by molar-refractivity contribution is 5.37. The van der Waals surface area contributed by atoms with Crippen molar-refractivity contribution >= 4 is 0 Å². The molecule has 0 saturated heterocycles. The number of aliphatic hydroxyl groups is 1. The van der Waals surface area contributed by atoms with Crippen molar-refractivity contribution in [3.63, 3.8) is 0 Å². The number of ether oxygens (including phenoxy) is 1. The fraction of sp³-hybridized carbons (Fsp3) is 0.571. The van der Waals surface area contributed by atoms with Gasteiger partial charge >= 0.3 is 0 Å². The van der Waals surface area contributed by atoms with E-state index in [9.17, 15) is 5.11 Å². The Morgan fingerprint density at radius 2 is 1.81 bits per heavy atom. The Hall–Kier alpha value is -1.02. The molecule has 0 aromatic heterocycles. The Balaban J connectivity index is 2.11. The molecule has 0 bridgehead atoms. The molecule has 1 aromatic carbocycles. The first-order valence-corrected chi connectivity index (χ1v) is 6.13. The Labute approximate surface area is 97.3 Å². The van der Waals surface area contributed by atoms with Crippen LogP contribution in [0.1, 0.15) is 37.8 Å². The fourth-order valence-corrected chi connectivity index (χ4v) is 2.10. The molecule has 0 fully saturated rings. The maximum absolute atomic E-state index is 9.40. The molecule has 1 aliphatic rings. The minimum Gasteiger partial charge on any atom is -0.488 e. The molecule has 2 rings (SSSR count). The molecule has 16 heavy (non-hydrogen) atoms. The van der Waals surface area contributed by atoms with E-state index in [4.69, 9.17) is 4.74 Å². The van der Waals surface area contributed by atoms with Crippen LogP contribution in [0.25, 0.3) is 0 Å². The number of aryl methyl sites for hydroxylation is 2. The van der Waals surface area contributed by atoms with Crippen molar-refractivity contribution in [2.45, 2.75) is 51.7 Å². The molecule has 88 valence electrons. The number of fused-ring (bicyclic) bond motifs is 1. The monoisotopic (exact) mass is 220 g/mol. The van der Waals surface area contributed by atoms with Crippen LogP contribution in [-0.2, 0) is 12.8 Å². The summed E-state index contributed by atoms with van der Waals surface area (Å²) in [5.41, 5.74) is 2.88. The first-order chi connectivity index (χ1) is 7.66. The summed E-state index contributed by atoms with van der Waals surface area (Å²) in [6.07, 6.45) is 4.36. The highest BCUT2D eigenvalue weighted by atomic mass is 16.5.